The van der Waals surface area contributed by atoms with Crippen LogP contribution in [0.4, 0.5) is 0 Å². The van der Waals surface area contributed by atoms with Crippen LogP contribution in [-0.4, -0.2) is 80.7 Å². The summed E-state index contributed by atoms with van der Waals surface area (Å²) < 4.78 is 5.53. The molecule has 30 heavy (non-hydrogen) atoms. The van der Waals surface area contributed by atoms with Crippen LogP contribution in [0.25, 0.3) is 0 Å². The van der Waals surface area contributed by atoms with Gasteiger partial charge in [-0.1, -0.05) is 43.6 Å². The Labute approximate surface area is 184 Å². The van der Waals surface area contributed by atoms with Gasteiger partial charge in [-0.15, -0.1) is 0 Å². The van der Waals surface area contributed by atoms with E-state index in [1.807, 2.05) is 36.9 Å². The number of hydrogen-bond acceptors (Lipinski definition) is 4. The van der Waals surface area contributed by atoms with Crippen LogP contribution < -0.4 is 10.6 Å². The molecule has 2 N–H and O–H groups in total. The Morgan fingerprint density at radius 1 is 1.27 bits per heavy atom. The lowest BCUT2D eigenvalue weighted by atomic mass is 10.0. The van der Waals surface area contributed by atoms with Crippen molar-refractivity contribution in [1.29, 1.82) is 0 Å². The van der Waals surface area contributed by atoms with Gasteiger partial charge in [0.05, 0.1) is 19.3 Å². The van der Waals surface area contributed by atoms with Crippen molar-refractivity contribution in [3.63, 3.8) is 0 Å². The number of likely N-dealkylation sites (tertiary alicyclic amines) is 1. The van der Waals surface area contributed by atoms with E-state index in [9.17, 15) is 4.79 Å². The number of carbonyl (C=O) groups is 1. The summed E-state index contributed by atoms with van der Waals surface area (Å²) in [7, 11) is 1.78. The summed E-state index contributed by atoms with van der Waals surface area (Å²) in [5, 5.41) is 7.74. The minimum Gasteiger partial charge on any atom is -0.379 e. The molecule has 0 bridgehead atoms. The first-order valence-electron chi connectivity index (χ1n) is 10.8. The highest BCUT2D eigenvalue weighted by atomic mass is 35.5. The van der Waals surface area contributed by atoms with Gasteiger partial charge >= 0.3 is 0 Å². The summed E-state index contributed by atoms with van der Waals surface area (Å²) >= 11 is 6.53. The minimum absolute atomic E-state index is 0.0334. The SMILES string of the molecule is CN=C(NCC(c1ccccc1Cl)N1CCOCC1)NC1CCN(C(=O)C(C)C)C1. The van der Waals surface area contributed by atoms with E-state index < -0.39 is 0 Å². The van der Waals surface area contributed by atoms with Gasteiger partial charge < -0.3 is 20.3 Å². The van der Waals surface area contributed by atoms with Gasteiger partial charge in [0.25, 0.3) is 0 Å². The Morgan fingerprint density at radius 2 is 2.00 bits per heavy atom. The summed E-state index contributed by atoms with van der Waals surface area (Å²) in [5.74, 6) is 1.00. The van der Waals surface area contributed by atoms with Crippen LogP contribution in [0.3, 0.4) is 0 Å². The number of carbonyl (C=O) groups excluding carboxylic acids is 1. The van der Waals surface area contributed by atoms with Gasteiger partial charge in [0.2, 0.25) is 5.91 Å². The van der Waals surface area contributed by atoms with Crippen LogP contribution in [0.2, 0.25) is 5.02 Å². The average Bonchev–Trinajstić information content (AvgIpc) is 3.22. The lowest BCUT2D eigenvalue weighted by Gasteiger charge is -2.35. The van der Waals surface area contributed by atoms with Crippen molar-refractivity contribution in [2.45, 2.75) is 32.4 Å². The van der Waals surface area contributed by atoms with Crippen molar-refractivity contribution in [2.24, 2.45) is 10.9 Å². The minimum atomic E-state index is 0.0334. The highest BCUT2D eigenvalue weighted by Crippen LogP contribution is 2.27. The molecule has 0 radical (unpaired) electrons. The van der Waals surface area contributed by atoms with Gasteiger partial charge in [-0.05, 0) is 18.1 Å². The summed E-state index contributed by atoms with van der Waals surface area (Å²) in [6, 6.07) is 8.36. The Hall–Kier alpha value is -1.83. The normalized spacial score (nSPS) is 21.7. The summed E-state index contributed by atoms with van der Waals surface area (Å²) in [5.41, 5.74) is 1.11. The second kappa shape index (κ2) is 11.0. The van der Waals surface area contributed by atoms with E-state index in [4.69, 9.17) is 16.3 Å². The lowest BCUT2D eigenvalue weighted by molar-refractivity contribution is -0.133. The Kier molecular flexibility index (Phi) is 8.36. The molecule has 0 aliphatic carbocycles. The van der Waals surface area contributed by atoms with E-state index in [0.717, 1.165) is 62.4 Å². The number of nitrogens with one attached hydrogen (secondary N) is 2. The van der Waals surface area contributed by atoms with Crippen LogP contribution in [0.5, 0.6) is 0 Å². The van der Waals surface area contributed by atoms with Gasteiger partial charge in [0, 0.05) is 56.8 Å². The number of guanidine groups is 1. The summed E-state index contributed by atoms with van der Waals surface area (Å²) in [4.78, 5) is 21.0. The maximum atomic E-state index is 12.2. The van der Waals surface area contributed by atoms with Gasteiger partial charge in [-0.3, -0.25) is 14.7 Å². The van der Waals surface area contributed by atoms with Gasteiger partial charge in [0.15, 0.2) is 5.96 Å². The molecule has 2 aliphatic rings. The van der Waals surface area contributed by atoms with Crippen LogP contribution in [0.1, 0.15) is 31.9 Å². The molecule has 2 aliphatic heterocycles. The summed E-state index contributed by atoms with van der Waals surface area (Å²) in [6.07, 6.45) is 0.927. The lowest BCUT2D eigenvalue weighted by Crippen LogP contribution is -2.49. The smallest absolute Gasteiger partial charge is 0.225 e. The molecule has 2 unspecified atom stereocenters. The first-order chi connectivity index (χ1) is 14.5. The van der Waals surface area contributed by atoms with Crippen molar-refractivity contribution in [1.82, 2.24) is 20.4 Å². The third kappa shape index (κ3) is 5.86. The molecule has 166 valence electrons. The van der Waals surface area contributed by atoms with E-state index >= 15 is 0 Å². The summed E-state index contributed by atoms with van der Waals surface area (Å²) in [6.45, 7) is 9.30. The Morgan fingerprint density at radius 3 is 2.67 bits per heavy atom. The van der Waals surface area contributed by atoms with Crippen molar-refractivity contribution >= 4 is 23.5 Å². The molecular formula is C22H34ClN5O2. The molecule has 0 aromatic heterocycles. The Bertz CT molecular complexity index is 736. The number of hydrogen-bond donors (Lipinski definition) is 2. The van der Waals surface area contributed by atoms with Crippen LogP contribution in [0.15, 0.2) is 29.3 Å². The van der Waals surface area contributed by atoms with E-state index in [-0.39, 0.29) is 23.9 Å². The monoisotopic (exact) mass is 435 g/mol. The molecule has 1 aromatic rings. The molecular weight excluding hydrogens is 402 g/mol. The van der Waals surface area contributed by atoms with Crippen molar-refractivity contribution < 1.29 is 9.53 Å². The Balaban J connectivity index is 1.61. The van der Waals surface area contributed by atoms with Crippen molar-refractivity contribution in [3.8, 4) is 0 Å². The molecule has 2 atom stereocenters. The number of amides is 1. The number of benzene rings is 1. The highest BCUT2D eigenvalue weighted by molar-refractivity contribution is 6.31. The molecule has 8 heteroatoms. The predicted molar refractivity (Wildman–Crippen MR) is 121 cm³/mol. The van der Waals surface area contributed by atoms with E-state index in [0.29, 0.717) is 6.54 Å². The fourth-order valence-corrected chi connectivity index (χ4v) is 4.36. The zero-order chi connectivity index (χ0) is 21.5. The quantitative estimate of drug-likeness (QED) is 0.529. The number of morpholine rings is 1. The third-order valence-corrected chi connectivity index (χ3v) is 6.12. The predicted octanol–water partition coefficient (Wildman–Crippen LogP) is 2.14. The maximum Gasteiger partial charge on any atom is 0.225 e. The number of halogens is 1. The number of rotatable bonds is 6. The molecule has 0 saturated carbocycles. The molecule has 1 amide bonds. The number of ether oxygens (including phenoxy) is 1. The number of nitrogens with zero attached hydrogens (tertiary/aromatic N) is 3. The molecule has 2 heterocycles. The second-order valence-corrected chi connectivity index (χ2v) is 8.61. The molecule has 0 spiro atoms. The van der Waals surface area contributed by atoms with Crippen molar-refractivity contribution in [2.75, 3.05) is 53.0 Å². The molecule has 2 fully saturated rings. The fraction of sp³-hybridized carbons (Fsp3) is 0.636. The molecule has 2 saturated heterocycles. The zero-order valence-electron chi connectivity index (χ0n) is 18.2. The van der Waals surface area contributed by atoms with Crippen LogP contribution in [-0.2, 0) is 9.53 Å². The van der Waals surface area contributed by atoms with Crippen molar-refractivity contribution in [3.05, 3.63) is 34.9 Å². The molecule has 7 nitrogen and oxygen atoms in total. The maximum absolute atomic E-state index is 12.2. The second-order valence-electron chi connectivity index (χ2n) is 8.21. The third-order valence-electron chi connectivity index (χ3n) is 5.77. The number of aliphatic imine (C=N–C) groups is 1. The van der Waals surface area contributed by atoms with Crippen LogP contribution in [0, 0.1) is 5.92 Å². The highest BCUT2D eigenvalue weighted by Gasteiger charge is 2.29. The first-order valence-corrected chi connectivity index (χ1v) is 11.2. The standard InChI is InChI=1S/C22H34ClN5O2/c1-16(2)21(29)28-9-8-17(15-28)26-22(24-3)25-14-20(27-10-12-30-13-11-27)18-6-4-5-7-19(18)23/h4-7,16-17,20H,8-15H2,1-3H3,(H2,24,25,26). The zero-order valence-corrected chi connectivity index (χ0v) is 19.0. The van der Waals surface area contributed by atoms with E-state index in [2.05, 4.69) is 26.6 Å². The van der Waals surface area contributed by atoms with Crippen LogP contribution >= 0.6 is 11.6 Å². The average molecular weight is 436 g/mol. The van der Waals surface area contributed by atoms with E-state index in [1.165, 1.54) is 0 Å². The fourth-order valence-electron chi connectivity index (χ4n) is 4.09. The van der Waals surface area contributed by atoms with E-state index in [1.54, 1.807) is 7.05 Å². The first kappa shape index (κ1) is 22.8. The topological polar surface area (TPSA) is 69.2 Å². The van der Waals surface area contributed by atoms with Gasteiger partial charge in [-0.25, -0.2) is 0 Å². The molecule has 3 rings (SSSR count). The van der Waals surface area contributed by atoms with Gasteiger partial charge in [-0.2, -0.15) is 0 Å². The largest absolute Gasteiger partial charge is 0.379 e. The van der Waals surface area contributed by atoms with Gasteiger partial charge in [0.1, 0.15) is 0 Å². The molecule has 1 aromatic carbocycles.